The first kappa shape index (κ1) is 23.5. The molecule has 0 saturated heterocycles. The summed E-state index contributed by atoms with van der Waals surface area (Å²) in [7, 11) is 3.19. The van der Waals surface area contributed by atoms with E-state index in [4.69, 9.17) is 15.2 Å². The molecule has 152 valence electrons. The van der Waals surface area contributed by atoms with Crippen LogP contribution in [0.4, 0.5) is 0 Å². The number of nitrogens with two attached hydrogens (primary N) is 1. The molecule has 2 rings (SSSR count). The average Bonchev–Trinajstić information content (AvgIpc) is 2.71. The molecule has 0 bridgehead atoms. The molecule has 7 nitrogen and oxygen atoms in total. The molecule has 2 aromatic carbocycles. The van der Waals surface area contributed by atoms with Gasteiger partial charge in [-0.1, -0.05) is 18.2 Å². The lowest BCUT2D eigenvalue weighted by molar-refractivity contribution is 0.0956. The van der Waals surface area contributed by atoms with E-state index >= 15 is 0 Å². The van der Waals surface area contributed by atoms with Crippen molar-refractivity contribution in [2.45, 2.75) is 20.0 Å². The molecule has 2 aromatic rings. The Bertz CT molecular complexity index is 795. The highest BCUT2D eigenvalue weighted by Gasteiger charge is 2.05. The molecule has 0 aliphatic heterocycles. The number of hydrogen-bond donors (Lipinski definition) is 3. The van der Waals surface area contributed by atoms with Gasteiger partial charge in [0, 0.05) is 18.7 Å². The van der Waals surface area contributed by atoms with Crippen LogP contribution in [-0.4, -0.2) is 32.6 Å². The Balaban J connectivity index is 0.00000392. The summed E-state index contributed by atoms with van der Waals surface area (Å²) in [6.45, 7) is 3.45. The van der Waals surface area contributed by atoms with Crippen LogP contribution in [0, 0.1) is 0 Å². The summed E-state index contributed by atoms with van der Waals surface area (Å²) in [5, 5.41) is 5.83. The third-order valence-electron chi connectivity index (χ3n) is 3.91. The van der Waals surface area contributed by atoms with Gasteiger partial charge in [0.1, 0.15) is 0 Å². The van der Waals surface area contributed by atoms with Gasteiger partial charge in [0.05, 0.1) is 20.8 Å². The first-order valence-corrected chi connectivity index (χ1v) is 8.69. The number of aliphatic imine (C=N–C) groups is 1. The summed E-state index contributed by atoms with van der Waals surface area (Å²) in [4.78, 5) is 16.1. The Morgan fingerprint density at radius 1 is 1.00 bits per heavy atom. The Labute approximate surface area is 182 Å². The van der Waals surface area contributed by atoms with Gasteiger partial charge < -0.3 is 25.8 Å². The van der Waals surface area contributed by atoms with Crippen LogP contribution < -0.4 is 25.8 Å². The smallest absolute Gasteiger partial charge is 0.251 e. The number of ether oxygens (including phenoxy) is 2. The molecule has 0 aromatic heterocycles. The van der Waals surface area contributed by atoms with Gasteiger partial charge in [0.15, 0.2) is 17.5 Å². The Morgan fingerprint density at radius 3 is 2.25 bits per heavy atom. The molecule has 8 heteroatoms. The number of amides is 1. The van der Waals surface area contributed by atoms with Gasteiger partial charge in [-0.2, -0.15) is 0 Å². The van der Waals surface area contributed by atoms with E-state index in [1.54, 1.807) is 26.4 Å². The number of nitrogens with one attached hydrogen (secondary N) is 2. The minimum atomic E-state index is -0.0759. The van der Waals surface area contributed by atoms with Gasteiger partial charge in [-0.05, 0) is 42.3 Å². The number of halogens is 1. The highest BCUT2D eigenvalue weighted by molar-refractivity contribution is 14.0. The number of carbonyl (C=O) groups is 1. The lowest BCUT2D eigenvalue weighted by Crippen LogP contribution is -2.31. The van der Waals surface area contributed by atoms with Gasteiger partial charge in [-0.3, -0.25) is 4.79 Å². The summed E-state index contributed by atoms with van der Waals surface area (Å²) in [6.07, 6.45) is 0. The zero-order valence-electron chi connectivity index (χ0n) is 16.3. The number of guanidine groups is 1. The van der Waals surface area contributed by atoms with Crippen molar-refractivity contribution in [1.82, 2.24) is 10.6 Å². The summed E-state index contributed by atoms with van der Waals surface area (Å²) < 4.78 is 10.5. The first-order chi connectivity index (χ1) is 13.1. The molecule has 0 aliphatic carbocycles. The summed E-state index contributed by atoms with van der Waals surface area (Å²) in [5.41, 5.74) is 8.54. The van der Waals surface area contributed by atoms with Crippen LogP contribution in [0.3, 0.4) is 0 Å². The molecule has 4 N–H and O–H groups in total. The van der Waals surface area contributed by atoms with E-state index < -0.39 is 0 Å². The molecule has 0 spiro atoms. The molecule has 1 amide bonds. The summed E-state index contributed by atoms with van der Waals surface area (Å²) in [5.74, 6) is 1.60. The normalized spacial score (nSPS) is 10.6. The van der Waals surface area contributed by atoms with Crippen molar-refractivity contribution >= 4 is 35.8 Å². The van der Waals surface area contributed by atoms with E-state index in [-0.39, 0.29) is 29.9 Å². The SMILES string of the molecule is CCNC(=O)c1ccc(CNC(N)=NCc2ccc(OC)c(OC)c2)cc1.I. The minimum Gasteiger partial charge on any atom is -0.493 e. The molecule has 0 saturated carbocycles. The van der Waals surface area contributed by atoms with E-state index in [0.29, 0.717) is 42.7 Å². The number of methoxy groups -OCH3 is 2. The lowest BCUT2D eigenvalue weighted by atomic mass is 10.1. The van der Waals surface area contributed by atoms with E-state index in [0.717, 1.165) is 11.1 Å². The fourth-order valence-corrected chi connectivity index (χ4v) is 2.44. The molecule has 28 heavy (non-hydrogen) atoms. The maximum Gasteiger partial charge on any atom is 0.251 e. The standard InChI is InChI=1S/C20H26N4O3.HI/c1-4-22-19(25)16-8-5-14(6-9-16)12-23-20(21)24-13-15-7-10-17(26-2)18(11-15)27-3;/h5-11H,4,12-13H2,1-3H3,(H,22,25)(H3,21,23,24);1H. The van der Waals surface area contributed by atoms with Gasteiger partial charge in [-0.25, -0.2) is 4.99 Å². The molecule has 0 aliphatic rings. The van der Waals surface area contributed by atoms with E-state index in [2.05, 4.69) is 15.6 Å². The van der Waals surface area contributed by atoms with Gasteiger partial charge in [-0.15, -0.1) is 24.0 Å². The molecular weight excluding hydrogens is 471 g/mol. The van der Waals surface area contributed by atoms with Gasteiger partial charge in [0.25, 0.3) is 5.91 Å². The van der Waals surface area contributed by atoms with Crippen molar-refractivity contribution in [3.63, 3.8) is 0 Å². The van der Waals surface area contributed by atoms with Crippen molar-refractivity contribution in [2.24, 2.45) is 10.7 Å². The second-order valence-corrected chi connectivity index (χ2v) is 5.80. The quantitative estimate of drug-likeness (QED) is 0.296. The van der Waals surface area contributed by atoms with E-state index in [9.17, 15) is 4.79 Å². The molecule has 0 fully saturated rings. The maximum absolute atomic E-state index is 11.7. The zero-order valence-corrected chi connectivity index (χ0v) is 18.7. The second kappa shape index (κ2) is 12.1. The highest BCUT2D eigenvalue weighted by Crippen LogP contribution is 2.27. The van der Waals surface area contributed by atoms with Crippen molar-refractivity contribution in [2.75, 3.05) is 20.8 Å². The predicted molar refractivity (Wildman–Crippen MR) is 122 cm³/mol. The lowest BCUT2D eigenvalue weighted by Gasteiger charge is -2.09. The van der Waals surface area contributed by atoms with Gasteiger partial charge in [0.2, 0.25) is 0 Å². The summed E-state index contributed by atoms with van der Waals surface area (Å²) in [6, 6.07) is 13.0. The molecule has 0 radical (unpaired) electrons. The topological polar surface area (TPSA) is 98.0 Å². The number of nitrogens with zero attached hydrogens (tertiary/aromatic N) is 1. The Hall–Kier alpha value is -2.49. The number of hydrogen-bond acceptors (Lipinski definition) is 4. The average molecular weight is 498 g/mol. The molecule has 0 heterocycles. The molecule has 0 atom stereocenters. The van der Waals surface area contributed by atoms with Crippen molar-refractivity contribution in [1.29, 1.82) is 0 Å². The summed E-state index contributed by atoms with van der Waals surface area (Å²) >= 11 is 0. The fraction of sp³-hybridized carbons (Fsp3) is 0.300. The van der Waals surface area contributed by atoms with Crippen LogP contribution in [0.1, 0.15) is 28.4 Å². The van der Waals surface area contributed by atoms with Crippen LogP contribution in [0.15, 0.2) is 47.5 Å². The minimum absolute atomic E-state index is 0. The third kappa shape index (κ3) is 6.91. The van der Waals surface area contributed by atoms with Crippen LogP contribution in [-0.2, 0) is 13.1 Å². The molecular formula is C20H27IN4O3. The van der Waals surface area contributed by atoms with Crippen LogP contribution in [0.25, 0.3) is 0 Å². The van der Waals surface area contributed by atoms with Crippen molar-refractivity contribution < 1.29 is 14.3 Å². The number of benzene rings is 2. The highest BCUT2D eigenvalue weighted by atomic mass is 127. The zero-order chi connectivity index (χ0) is 19.6. The predicted octanol–water partition coefficient (Wildman–Crippen LogP) is 2.68. The van der Waals surface area contributed by atoms with E-state index in [1.807, 2.05) is 37.3 Å². The molecule has 0 unspecified atom stereocenters. The fourth-order valence-electron chi connectivity index (χ4n) is 2.44. The van der Waals surface area contributed by atoms with E-state index in [1.165, 1.54) is 0 Å². The Kier molecular flexibility index (Phi) is 10.1. The van der Waals surface area contributed by atoms with Gasteiger partial charge >= 0.3 is 0 Å². The maximum atomic E-state index is 11.7. The second-order valence-electron chi connectivity index (χ2n) is 5.80. The largest absolute Gasteiger partial charge is 0.493 e. The monoisotopic (exact) mass is 498 g/mol. The number of rotatable bonds is 8. The van der Waals surface area contributed by atoms with Crippen LogP contribution in [0.2, 0.25) is 0 Å². The van der Waals surface area contributed by atoms with Crippen molar-refractivity contribution in [3.8, 4) is 11.5 Å². The van der Waals surface area contributed by atoms with Crippen LogP contribution in [0.5, 0.6) is 11.5 Å². The van der Waals surface area contributed by atoms with Crippen LogP contribution >= 0.6 is 24.0 Å². The van der Waals surface area contributed by atoms with Crippen molar-refractivity contribution in [3.05, 3.63) is 59.2 Å². The Morgan fingerprint density at radius 2 is 1.64 bits per heavy atom. The first-order valence-electron chi connectivity index (χ1n) is 8.69. The number of carbonyl (C=O) groups excluding carboxylic acids is 1. The third-order valence-corrected chi connectivity index (χ3v) is 3.91.